The lowest BCUT2D eigenvalue weighted by Gasteiger charge is -2.31. The van der Waals surface area contributed by atoms with Crippen molar-refractivity contribution < 1.29 is 110 Å². The molecule has 0 saturated carbocycles. The van der Waals surface area contributed by atoms with E-state index in [1.807, 2.05) is 78.4 Å². The molecule has 138 heavy (non-hydrogen) atoms. The number of aromatic hydroxyl groups is 1. The van der Waals surface area contributed by atoms with Gasteiger partial charge in [0, 0.05) is 184 Å². The third kappa shape index (κ3) is 34.9. The number of anilines is 5. The number of rotatable bonds is 20. The summed E-state index contributed by atoms with van der Waals surface area (Å²) in [5.41, 5.74) is 15.3. The molecule has 4 N–H and O–H groups in total. The van der Waals surface area contributed by atoms with Crippen LogP contribution < -0.4 is 59.4 Å². The molecule has 0 radical (unpaired) electrons. The summed E-state index contributed by atoms with van der Waals surface area (Å²) in [6, 6.07) is 51.2. The normalized spacial score (nSPS) is 16.4. The first kappa shape index (κ1) is 111. The van der Waals surface area contributed by atoms with Crippen LogP contribution in [0.3, 0.4) is 0 Å². The molecule has 7 aromatic carbocycles. The molecule has 2 aliphatic carbocycles. The zero-order chi connectivity index (χ0) is 98.9. The smallest absolute Gasteiger partial charge is 0.303 e. The average Bonchev–Trinajstić information content (AvgIpc) is 0.752. The van der Waals surface area contributed by atoms with Gasteiger partial charge in [-0.2, -0.15) is 0 Å². The van der Waals surface area contributed by atoms with Crippen LogP contribution in [0.25, 0.3) is 33.4 Å². The van der Waals surface area contributed by atoms with Crippen LogP contribution in [0.1, 0.15) is 64.4 Å². The van der Waals surface area contributed by atoms with Crippen LogP contribution in [-0.4, -0.2) is 302 Å². The number of hydrogen-bond acceptors (Lipinski definition) is 30. The zero-order valence-corrected chi connectivity index (χ0v) is 83.8. The van der Waals surface area contributed by atoms with Crippen LogP contribution in [-0.2, 0) is 84.3 Å². The number of phenols is 1. The molecule has 7 aromatic rings. The molecule has 31 nitrogen and oxygen atoms in total. The highest BCUT2D eigenvalue weighted by molar-refractivity contribution is 6.69. The number of benzene rings is 8. The number of Topliss-reactive ketones (excluding diaryl/α,β-unsaturated/α-hetero) is 2. The van der Waals surface area contributed by atoms with Crippen molar-refractivity contribution in [3.8, 4) is 56.9 Å². The number of ether oxygens (including phenoxy) is 16. The number of nitrogens with one attached hydrogen (secondary N) is 2. The molecule has 750 valence electrons. The van der Waals surface area contributed by atoms with E-state index in [0.717, 1.165) is 132 Å². The standard InChI is InChI=1S/C34H45N3O6.C34H43N3O6.C18H27NO6.C8H11NO.C6Cl4O2.C3H6O2/c1-35-24-25-5-8-28-31(21-25)43-32-23-27(36(2)3)7-9-29(32)34(28)26-6-10-30-33(22-26)42-20-19-41-18-17-40-16-15-39-14-12-37(30)11-13-38-4;1-4-36-27-7-9-29-32(23-27)43-31-21-25(24-35-2)5-8-28(31)34(29)26-6-10-30-33(22-26)42-20-19-41-18-17-40-16-15-39-14-12-37(30)11-13-38-3;1-21-6-4-19-5-7-22-8-9-23-10-11-24-12-13-25-18-14-16(15-20)2-3-17(18)19;1-9(2)7-4-3-5-8(10)6-7;7-1-2(8)6(12)4(10)3(9)5(1)11;1-2-3(4)5/h5-10,21-23,34-35H,11-20,24H2,1-4H3;5-10,21-23,35H,4,11-20,24H2,1-3H3;2-3,14-15H,4-13H2,1H3;3-6,10H,1-2H3;;2H2,1H3,(H,4,5). The van der Waals surface area contributed by atoms with E-state index in [2.05, 4.69) is 138 Å². The van der Waals surface area contributed by atoms with Crippen molar-refractivity contribution in [2.75, 3.05) is 292 Å². The van der Waals surface area contributed by atoms with Gasteiger partial charge in [0.1, 0.15) is 92.1 Å². The van der Waals surface area contributed by atoms with Crippen LogP contribution in [0, 0.1) is 0 Å². The minimum atomic E-state index is -0.745. The quantitative estimate of drug-likeness (QED) is 0.0313. The van der Waals surface area contributed by atoms with Gasteiger partial charge in [0.15, 0.2) is 0 Å². The molecule has 0 amide bonds. The maximum atomic E-state index is 11.1. The summed E-state index contributed by atoms with van der Waals surface area (Å²) in [7, 11) is 17.0. The molecule has 35 heteroatoms. The van der Waals surface area contributed by atoms with Crippen molar-refractivity contribution in [3.63, 3.8) is 0 Å². The van der Waals surface area contributed by atoms with E-state index in [9.17, 15) is 19.2 Å². The predicted octanol–water partition coefficient (Wildman–Crippen LogP) is 15.2. The number of phenolic OH excluding ortho intramolecular Hbond substituents is 1. The second-order valence-electron chi connectivity index (χ2n) is 31.9. The number of fused-ring (bicyclic) bond motifs is 7. The molecule has 0 saturated heterocycles. The van der Waals surface area contributed by atoms with Crippen LogP contribution in [0.15, 0.2) is 181 Å². The monoisotopic (exact) mass is 1990 g/mol. The topological polar surface area (TPSA) is 322 Å². The minimum absolute atomic E-state index is 0.0201. The van der Waals surface area contributed by atoms with Gasteiger partial charge in [0.25, 0.3) is 0 Å². The van der Waals surface area contributed by atoms with Gasteiger partial charge in [0.2, 0.25) is 11.6 Å². The fourth-order valence-electron chi connectivity index (χ4n) is 14.7. The van der Waals surface area contributed by atoms with Gasteiger partial charge in [-0.15, -0.1) is 0 Å². The number of carbonyl (C=O) groups excluding carboxylic acids is 3. The number of carboxylic acids is 1. The fourth-order valence-corrected chi connectivity index (χ4v) is 15.6. The molecule has 1 atom stereocenters. The maximum Gasteiger partial charge on any atom is 0.303 e. The van der Waals surface area contributed by atoms with E-state index in [-0.39, 0.29) is 12.3 Å². The molecule has 0 spiro atoms. The summed E-state index contributed by atoms with van der Waals surface area (Å²) >= 11 is 21.5. The van der Waals surface area contributed by atoms with Crippen molar-refractivity contribution >= 4 is 110 Å². The number of ketones is 2. The lowest BCUT2D eigenvalue weighted by molar-refractivity contribution is -0.136. The van der Waals surface area contributed by atoms with Crippen LogP contribution >= 0.6 is 46.4 Å². The van der Waals surface area contributed by atoms with Crippen molar-refractivity contribution in [1.29, 1.82) is 0 Å². The molecular formula is C103H132Cl4N8O23. The molecule has 5 aliphatic heterocycles. The number of hydrogen-bond donors (Lipinski definition) is 4. The van der Waals surface area contributed by atoms with Crippen molar-refractivity contribution in [3.05, 3.63) is 211 Å². The number of methoxy groups -OCH3 is 3. The first-order valence-corrected chi connectivity index (χ1v) is 47.6. The summed E-state index contributed by atoms with van der Waals surface area (Å²) in [5, 5.41) is 23.6. The highest BCUT2D eigenvalue weighted by Crippen LogP contribution is 2.51. The highest BCUT2D eigenvalue weighted by Gasteiger charge is 2.34. The Morgan fingerprint density at radius 2 is 0.906 bits per heavy atom. The number of aliphatic carboxylic acids is 1. The second kappa shape index (κ2) is 61.4. The Kier molecular flexibility index (Phi) is 49.6. The molecule has 0 aromatic heterocycles. The molecule has 1 unspecified atom stereocenters. The van der Waals surface area contributed by atoms with E-state index in [1.54, 1.807) is 52.5 Å². The number of aldehydes is 1. The second-order valence-corrected chi connectivity index (χ2v) is 33.4. The van der Waals surface area contributed by atoms with Gasteiger partial charge < -0.3 is 126 Å². The first-order chi connectivity index (χ1) is 67.1. The van der Waals surface area contributed by atoms with E-state index in [4.69, 9.17) is 137 Å². The maximum absolute atomic E-state index is 11.1. The summed E-state index contributed by atoms with van der Waals surface area (Å²) < 4.78 is 98.9. The minimum Gasteiger partial charge on any atom is -0.508 e. The largest absolute Gasteiger partial charge is 0.508 e. The average molecular weight is 1990 g/mol. The summed E-state index contributed by atoms with van der Waals surface area (Å²) in [4.78, 5) is 57.8. The molecule has 14 rings (SSSR count). The van der Waals surface area contributed by atoms with E-state index in [0.29, 0.717) is 221 Å². The Bertz CT molecular complexity index is 5330. The number of carbonyl (C=O) groups is 4. The van der Waals surface area contributed by atoms with Crippen LogP contribution in [0.2, 0.25) is 0 Å². The van der Waals surface area contributed by atoms with E-state index >= 15 is 0 Å². The van der Waals surface area contributed by atoms with Gasteiger partial charge in [-0.1, -0.05) is 102 Å². The third-order valence-corrected chi connectivity index (χ3v) is 23.4. The Hall–Kier alpha value is -10.2. The number of halogens is 4. The number of allylic oxidation sites excluding steroid dienone is 4. The van der Waals surface area contributed by atoms with Crippen molar-refractivity contribution in [2.24, 2.45) is 4.99 Å². The molecule has 7 aliphatic rings. The first-order valence-electron chi connectivity index (χ1n) is 46.1. The molecule has 0 bridgehead atoms. The lowest BCUT2D eigenvalue weighted by atomic mass is 9.82. The molecule has 5 heterocycles. The third-order valence-electron chi connectivity index (χ3n) is 21.7. The Labute approximate surface area is 829 Å². The Morgan fingerprint density at radius 3 is 1.36 bits per heavy atom. The Morgan fingerprint density at radius 1 is 0.478 bits per heavy atom. The van der Waals surface area contributed by atoms with E-state index < -0.39 is 37.7 Å². The van der Waals surface area contributed by atoms with Crippen LogP contribution in [0.5, 0.6) is 34.5 Å². The predicted molar refractivity (Wildman–Crippen MR) is 540 cm³/mol. The van der Waals surface area contributed by atoms with Gasteiger partial charge in [-0.05, 0) is 128 Å². The van der Waals surface area contributed by atoms with E-state index in [1.165, 1.54) is 5.56 Å². The number of nitrogens with zero attached hydrogens (tertiary/aromatic N) is 6. The fraction of sp³-hybridized carbons (Fsp3) is 0.447. The summed E-state index contributed by atoms with van der Waals surface area (Å²) in [5.74, 6) is 2.90. The summed E-state index contributed by atoms with van der Waals surface area (Å²) in [6.45, 7) is 22.7. The van der Waals surface area contributed by atoms with Gasteiger partial charge in [-0.25, -0.2) is 0 Å². The van der Waals surface area contributed by atoms with Crippen molar-refractivity contribution in [2.45, 2.75) is 39.3 Å². The SMILES string of the molecule is CCC(=O)O.CCN=c1ccc2c(-c3ccc4c(c3)OCCOCCOCCOCCN4CCOC)c3ccc(CNC)cc3oc-2c1.CN(C)c1cccc(O)c1.CNCc1ccc2c(c1)Oc1cc(N(C)C)ccc1C2c1ccc2c(c1)OCCOCCOCCOCCN2CCOC.COCCN1CCOCCOCCOCCOc2cc(C=O)ccc21.O=C1C(Cl)=C(Cl)C(=O)C(Cl)=C1Cl. The van der Waals surface area contributed by atoms with Gasteiger partial charge in [0.05, 0.1) is 161 Å². The van der Waals surface area contributed by atoms with Crippen LogP contribution in [0.4, 0.5) is 28.4 Å². The lowest BCUT2D eigenvalue weighted by Crippen LogP contribution is -2.31. The highest BCUT2D eigenvalue weighted by atomic mass is 35.5. The van der Waals surface area contributed by atoms with Gasteiger partial charge >= 0.3 is 5.97 Å². The van der Waals surface area contributed by atoms with Crippen molar-refractivity contribution in [1.82, 2.24) is 10.6 Å². The van der Waals surface area contributed by atoms with Gasteiger partial charge in [-0.3, -0.25) is 24.2 Å². The molecule has 0 fully saturated rings. The Balaban J connectivity index is 0.000000208. The zero-order valence-electron chi connectivity index (χ0n) is 80.8. The summed E-state index contributed by atoms with van der Waals surface area (Å²) in [6.07, 6.45) is 1.04. The molecular weight excluding hydrogens is 1860 g/mol. The number of carboxylic acid groups (broad SMARTS) is 1.